The molecule has 2 heterocycles. The SMILES string of the molecule is CN(C)C(=O)c1cccc(CCc2ncnc(N3CCCC3c3ccc(C(C)(F)F)cc3)c2F)c1. The topological polar surface area (TPSA) is 49.3 Å². The van der Waals surface area contributed by atoms with E-state index in [1.165, 1.54) is 23.4 Å². The van der Waals surface area contributed by atoms with E-state index in [1.807, 2.05) is 23.1 Å². The lowest BCUT2D eigenvalue weighted by atomic mass is 10.0. The lowest BCUT2D eigenvalue weighted by Crippen LogP contribution is -2.25. The van der Waals surface area contributed by atoms with Gasteiger partial charge in [0.15, 0.2) is 11.6 Å². The van der Waals surface area contributed by atoms with E-state index in [9.17, 15) is 13.6 Å². The summed E-state index contributed by atoms with van der Waals surface area (Å²) in [6, 6.07) is 13.4. The lowest BCUT2D eigenvalue weighted by Gasteiger charge is -2.27. The molecule has 35 heavy (non-hydrogen) atoms. The highest BCUT2D eigenvalue weighted by Gasteiger charge is 2.31. The average molecular weight is 483 g/mol. The van der Waals surface area contributed by atoms with Crippen molar-refractivity contribution in [2.45, 2.75) is 44.6 Å². The van der Waals surface area contributed by atoms with E-state index in [0.29, 0.717) is 30.6 Å². The van der Waals surface area contributed by atoms with Crippen LogP contribution in [0.3, 0.4) is 0 Å². The van der Waals surface area contributed by atoms with Crippen molar-refractivity contribution in [2.24, 2.45) is 0 Å². The molecule has 0 saturated carbocycles. The number of anilines is 1. The fourth-order valence-electron chi connectivity index (χ4n) is 4.52. The molecule has 1 saturated heterocycles. The van der Waals surface area contributed by atoms with Crippen molar-refractivity contribution in [3.8, 4) is 0 Å². The molecule has 0 radical (unpaired) electrons. The molecular formula is C27H29F3N4O. The first-order valence-electron chi connectivity index (χ1n) is 11.7. The van der Waals surface area contributed by atoms with Crippen molar-refractivity contribution in [1.82, 2.24) is 14.9 Å². The molecule has 4 rings (SSSR count). The first kappa shape index (κ1) is 24.7. The van der Waals surface area contributed by atoms with Gasteiger partial charge in [0.05, 0.1) is 11.7 Å². The molecule has 1 unspecified atom stereocenters. The number of aromatic nitrogens is 2. The van der Waals surface area contributed by atoms with Gasteiger partial charge in [-0.1, -0.05) is 36.4 Å². The van der Waals surface area contributed by atoms with Gasteiger partial charge in [-0.25, -0.2) is 23.1 Å². The van der Waals surface area contributed by atoms with Crippen LogP contribution in [0.25, 0.3) is 0 Å². The van der Waals surface area contributed by atoms with Gasteiger partial charge in [-0.15, -0.1) is 0 Å². The third kappa shape index (κ3) is 5.47. The normalized spacial score (nSPS) is 15.9. The van der Waals surface area contributed by atoms with Crippen molar-refractivity contribution < 1.29 is 18.0 Å². The number of nitrogens with zero attached hydrogens (tertiary/aromatic N) is 4. The fourth-order valence-corrected chi connectivity index (χ4v) is 4.52. The number of carbonyl (C=O) groups is 1. The van der Waals surface area contributed by atoms with Crippen LogP contribution in [0, 0.1) is 5.82 Å². The Morgan fingerprint density at radius 3 is 2.54 bits per heavy atom. The van der Waals surface area contributed by atoms with Gasteiger partial charge in [0.2, 0.25) is 0 Å². The van der Waals surface area contributed by atoms with E-state index in [2.05, 4.69) is 9.97 Å². The Morgan fingerprint density at radius 2 is 1.86 bits per heavy atom. The number of amides is 1. The van der Waals surface area contributed by atoms with E-state index < -0.39 is 11.7 Å². The zero-order chi connectivity index (χ0) is 25.2. The molecule has 1 aromatic heterocycles. The molecule has 1 fully saturated rings. The Labute approximate surface area is 203 Å². The summed E-state index contributed by atoms with van der Waals surface area (Å²) in [7, 11) is 3.40. The van der Waals surface area contributed by atoms with Crippen LogP contribution in [0.1, 0.15) is 58.5 Å². The summed E-state index contributed by atoms with van der Waals surface area (Å²) in [5, 5.41) is 0. The molecule has 5 nitrogen and oxygen atoms in total. The van der Waals surface area contributed by atoms with Crippen molar-refractivity contribution in [1.29, 1.82) is 0 Å². The Morgan fingerprint density at radius 1 is 1.11 bits per heavy atom. The standard InChI is InChI=1S/C27H29F3N4O/c1-27(29,30)21-12-10-19(11-13-21)23-8-5-15-34(23)25-24(28)22(31-17-32-25)14-9-18-6-4-7-20(16-18)26(35)33(2)3/h4,6-7,10-13,16-17,23H,5,8-9,14-15H2,1-3H3. The second-order valence-electron chi connectivity index (χ2n) is 9.22. The molecule has 1 atom stereocenters. The largest absolute Gasteiger partial charge is 0.347 e. The Balaban J connectivity index is 1.52. The third-order valence-corrected chi connectivity index (χ3v) is 6.40. The number of hydrogen-bond acceptors (Lipinski definition) is 4. The molecule has 1 aliphatic rings. The molecule has 1 amide bonds. The van der Waals surface area contributed by atoms with Gasteiger partial charge in [0.1, 0.15) is 6.33 Å². The predicted molar refractivity (Wildman–Crippen MR) is 129 cm³/mol. The lowest BCUT2D eigenvalue weighted by molar-refractivity contribution is 0.0174. The summed E-state index contributed by atoms with van der Waals surface area (Å²) in [5.74, 6) is -3.21. The van der Waals surface area contributed by atoms with Crippen LogP contribution in [-0.4, -0.2) is 41.4 Å². The minimum Gasteiger partial charge on any atom is -0.347 e. The number of halogens is 3. The van der Waals surface area contributed by atoms with Crippen LogP contribution in [0.15, 0.2) is 54.9 Å². The zero-order valence-electron chi connectivity index (χ0n) is 20.1. The van der Waals surface area contributed by atoms with E-state index in [0.717, 1.165) is 30.9 Å². The van der Waals surface area contributed by atoms with Crippen LogP contribution in [0.4, 0.5) is 19.0 Å². The summed E-state index contributed by atoms with van der Waals surface area (Å²) in [5.41, 5.74) is 2.63. The van der Waals surface area contributed by atoms with Gasteiger partial charge in [0.25, 0.3) is 11.8 Å². The summed E-state index contributed by atoms with van der Waals surface area (Å²) in [6.45, 7) is 1.50. The number of benzene rings is 2. The van der Waals surface area contributed by atoms with E-state index in [4.69, 9.17) is 0 Å². The van der Waals surface area contributed by atoms with Gasteiger partial charge < -0.3 is 9.80 Å². The molecule has 1 aliphatic heterocycles. The number of aryl methyl sites for hydroxylation is 2. The summed E-state index contributed by atoms with van der Waals surface area (Å²) in [4.78, 5) is 24.1. The molecule has 0 N–H and O–H groups in total. The summed E-state index contributed by atoms with van der Waals surface area (Å²) in [6.07, 6.45) is 3.89. The van der Waals surface area contributed by atoms with Crippen LogP contribution in [0.5, 0.6) is 0 Å². The van der Waals surface area contributed by atoms with Crippen molar-refractivity contribution in [2.75, 3.05) is 25.5 Å². The Hall–Kier alpha value is -3.42. The summed E-state index contributed by atoms with van der Waals surface area (Å²) < 4.78 is 42.7. The maximum Gasteiger partial charge on any atom is 0.270 e. The first-order chi connectivity index (χ1) is 16.6. The number of rotatable bonds is 7. The smallest absolute Gasteiger partial charge is 0.270 e. The fraction of sp³-hybridized carbons (Fsp3) is 0.370. The highest BCUT2D eigenvalue weighted by atomic mass is 19.3. The maximum atomic E-state index is 15.5. The highest BCUT2D eigenvalue weighted by Crippen LogP contribution is 2.37. The van der Waals surface area contributed by atoms with Gasteiger partial charge in [-0.05, 0) is 48.9 Å². The molecular weight excluding hydrogens is 453 g/mol. The Kier molecular flexibility index (Phi) is 7.10. The summed E-state index contributed by atoms with van der Waals surface area (Å²) >= 11 is 0. The molecule has 8 heteroatoms. The van der Waals surface area contributed by atoms with Crippen LogP contribution < -0.4 is 4.90 Å². The molecule has 0 bridgehead atoms. The van der Waals surface area contributed by atoms with Crippen molar-refractivity contribution in [3.63, 3.8) is 0 Å². The minimum absolute atomic E-state index is 0.0438. The van der Waals surface area contributed by atoms with Gasteiger partial charge in [0, 0.05) is 38.7 Å². The molecule has 3 aromatic rings. The zero-order valence-corrected chi connectivity index (χ0v) is 20.1. The molecule has 0 aliphatic carbocycles. The van der Waals surface area contributed by atoms with Crippen molar-refractivity contribution in [3.05, 3.63) is 88.6 Å². The monoisotopic (exact) mass is 482 g/mol. The van der Waals surface area contributed by atoms with Crippen LogP contribution >= 0.6 is 0 Å². The number of carbonyl (C=O) groups excluding carboxylic acids is 1. The average Bonchev–Trinajstić information content (AvgIpc) is 3.32. The van der Waals surface area contributed by atoms with Gasteiger partial charge in [-0.2, -0.15) is 0 Å². The first-order valence-corrected chi connectivity index (χ1v) is 11.7. The third-order valence-electron chi connectivity index (χ3n) is 6.40. The number of alkyl halides is 2. The molecule has 2 aromatic carbocycles. The van der Waals surface area contributed by atoms with Crippen molar-refractivity contribution >= 4 is 11.7 Å². The van der Waals surface area contributed by atoms with Gasteiger partial charge >= 0.3 is 0 Å². The van der Waals surface area contributed by atoms with Gasteiger partial charge in [-0.3, -0.25) is 4.79 Å². The van der Waals surface area contributed by atoms with E-state index >= 15 is 4.39 Å². The minimum atomic E-state index is -2.90. The quantitative estimate of drug-likeness (QED) is 0.443. The van der Waals surface area contributed by atoms with Crippen LogP contribution in [0.2, 0.25) is 0 Å². The highest BCUT2D eigenvalue weighted by molar-refractivity contribution is 5.94. The second kappa shape index (κ2) is 10.1. The molecule has 184 valence electrons. The van der Waals surface area contributed by atoms with E-state index in [-0.39, 0.29) is 23.3 Å². The maximum absolute atomic E-state index is 15.5. The number of hydrogen-bond donors (Lipinski definition) is 0. The molecule has 0 spiro atoms. The second-order valence-corrected chi connectivity index (χ2v) is 9.22. The predicted octanol–water partition coefficient (Wildman–Crippen LogP) is 5.56. The van der Waals surface area contributed by atoms with E-state index in [1.54, 1.807) is 32.3 Å². The van der Waals surface area contributed by atoms with Crippen LogP contribution in [-0.2, 0) is 18.8 Å². The Bertz CT molecular complexity index is 1190.